The van der Waals surface area contributed by atoms with E-state index in [0.29, 0.717) is 22.9 Å². The Hall–Kier alpha value is -4.17. The minimum absolute atomic E-state index is 0.128. The number of halogens is 2. The number of tetrazole rings is 1. The van der Waals surface area contributed by atoms with Crippen molar-refractivity contribution in [1.29, 1.82) is 0 Å². The lowest BCUT2D eigenvalue weighted by atomic mass is 9.80. The standard InChI is InChI=1S/C32H26ClFN6O/c1-16-7-18-3-4-19(9-20(18)8-17(16)2)24-14-27(36-32(24)34)31-26-13-25(26)29-10-21(11-30(41)40(29)31)23-12-22(33)5-6-28(23)39-15-35-37-38-39/h3-6,9-12,15,17,25-26,31H,1,7-8,13-14H2,2H3. The van der Waals surface area contributed by atoms with E-state index in [0.717, 1.165) is 53.0 Å². The summed E-state index contributed by atoms with van der Waals surface area (Å²) in [5.41, 5.74) is 9.08. The van der Waals surface area contributed by atoms with E-state index in [4.69, 9.17) is 11.6 Å². The number of allylic oxidation sites excluding steroid dienone is 2. The Balaban J connectivity index is 1.13. The van der Waals surface area contributed by atoms with Gasteiger partial charge < -0.3 is 4.57 Å². The lowest BCUT2D eigenvalue weighted by Gasteiger charge is -2.25. The molecule has 2 aromatic heterocycles. The van der Waals surface area contributed by atoms with Crippen LogP contribution >= 0.6 is 11.6 Å². The summed E-state index contributed by atoms with van der Waals surface area (Å²) < 4.78 is 18.8. The van der Waals surface area contributed by atoms with Crippen molar-refractivity contribution >= 4 is 22.9 Å². The second-order valence-electron chi connectivity index (χ2n) is 11.7. The molecule has 0 radical (unpaired) electrons. The molecular formula is C32H26ClFN6O. The summed E-state index contributed by atoms with van der Waals surface area (Å²) in [4.78, 5) is 18.1. The molecule has 204 valence electrons. The Labute approximate surface area is 240 Å². The first-order chi connectivity index (χ1) is 19.9. The highest BCUT2D eigenvalue weighted by atomic mass is 35.5. The number of rotatable bonds is 4. The molecule has 0 saturated heterocycles. The van der Waals surface area contributed by atoms with Gasteiger partial charge in [0.05, 0.1) is 11.7 Å². The monoisotopic (exact) mass is 564 g/mol. The molecular weight excluding hydrogens is 539 g/mol. The quantitative estimate of drug-likeness (QED) is 0.216. The fourth-order valence-electron chi connectivity index (χ4n) is 6.99. The number of aromatic nitrogens is 5. The zero-order valence-corrected chi connectivity index (χ0v) is 23.1. The minimum atomic E-state index is -0.437. The molecule has 4 aliphatic rings. The first kappa shape index (κ1) is 24.6. The number of hydrogen-bond donors (Lipinski definition) is 0. The molecule has 2 aromatic carbocycles. The molecule has 0 spiro atoms. The molecule has 0 N–H and O–H groups in total. The lowest BCUT2D eigenvalue weighted by molar-refractivity contribution is 0.579. The SMILES string of the molecule is C=C1Cc2ccc(C3=C(F)N=C(C4C5CC5c5cc(-c6cc(Cl)ccc6-n6cnnn6)cc(=O)n54)C3)cc2CC1C. The summed E-state index contributed by atoms with van der Waals surface area (Å²) >= 11 is 6.36. The van der Waals surface area contributed by atoms with Crippen molar-refractivity contribution in [2.24, 2.45) is 16.8 Å². The highest BCUT2D eigenvalue weighted by molar-refractivity contribution is 6.31. The van der Waals surface area contributed by atoms with E-state index in [9.17, 15) is 4.79 Å². The topological polar surface area (TPSA) is 78.0 Å². The molecule has 9 heteroatoms. The third-order valence-electron chi connectivity index (χ3n) is 9.25. The van der Waals surface area contributed by atoms with Crippen LogP contribution in [0.1, 0.15) is 54.1 Å². The Morgan fingerprint density at radius 2 is 1.93 bits per heavy atom. The Morgan fingerprint density at radius 1 is 1.05 bits per heavy atom. The van der Waals surface area contributed by atoms with Crippen molar-refractivity contribution in [3.8, 4) is 16.8 Å². The minimum Gasteiger partial charge on any atom is -0.303 e. The Morgan fingerprint density at radius 3 is 2.76 bits per heavy atom. The molecule has 2 aliphatic carbocycles. The van der Waals surface area contributed by atoms with Gasteiger partial charge in [0.25, 0.3) is 5.56 Å². The van der Waals surface area contributed by atoms with E-state index in [1.807, 2.05) is 22.8 Å². The van der Waals surface area contributed by atoms with E-state index in [-0.39, 0.29) is 23.4 Å². The molecule has 1 fully saturated rings. The van der Waals surface area contributed by atoms with Crippen LogP contribution in [-0.2, 0) is 12.8 Å². The van der Waals surface area contributed by atoms with Crippen molar-refractivity contribution in [3.63, 3.8) is 0 Å². The Bertz CT molecular complexity index is 1910. The summed E-state index contributed by atoms with van der Waals surface area (Å²) in [5.74, 6) is 0.476. The van der Waals surface area contributed by atoms with Gasteiger partial charge in [0.2, 0.25) is 5.95 Å². The van der Waals surface area contributed by atoms with Crippen LogP contribution < -0.4 is 5.56 Å². The molecule has 2 aliphatic heterocycles. The number of hydrogen-bond acceptors (Lipinski definition) is 5. The van der Waals surface area contributed by atoms with Crippen LogP contribution in [-0.4, -0.2) is 30.5 Å². The van der Waals surface area contributed by atoms with E-state index >= 15 is 4.39 Å². The van der Waals surface area contributed by atoms with Gasteiger partial charge in [-0.25, -0.2) is 4.99 Å². The van der Waals surface area contributed by atoms with Gasteiger partial charge >= 0.3 is 0 Å². The van der Waals surface area contributed by atoms with Crippen molar-refractivity contribution in [1.82, 2.24) is 24.8 Å². The van der Waals surface area contributed by atoms with Gasteiger partial charge in [-0.3, -0.25) is 4.79 Å². The van der Waals surface area contributed by atoms with Gasteiger partial charge in [0, 0.05) is 46.0 Å². The predicted molar refractivity (Wildman–Crippen MR) is 156 cm³/mol. The van der Waals surface area contributed by atoms with Crippen LogP contribution in [0.4, 0.5) is 4.39 Å². The average Bonchev–Trinajstić information content (AvgIpc) is 3.25. The van der Waals surface area contributed by atoms with Crippen molar-refractivity contribution < 1.29 is 4.39 Å². The van der Waals surface area contributed by atoms with E-state index in [2.05, 4.69) is 52.2 Å². The van der Waals surface area contributed by atoms with Crippen molar-refractivity contribution in [2.45, 2.75) is 44.6 Å². The second kappa shape index (κ2) is 8.91. The molecule has 0 amide bonds. The van der Waals surface area contributed by atoms with Gasteiger partial charge in [-0.15, -0.1) is 5.10 Å². The molecule has 4 aromatic rings. The van der Waals surface area contributed by atoms with Crippen LogP contribution in [0.5, 0.6) is 0 Å². The summed E-state index contributed by atoms with van der Waals surface area (Å²) in [7, 11) is 0. The average molecular weight is 565 g/mol. The number of benzene rings is 2. The van der Waals surface area contributed by atoms with Crippen molar-refractivity contribution in [3.05, 3.63) is 111 Å². The maximum atomic E-state index is 15.4. The van der Waals surface area contributed by atoms with Crippen LogP contribution in [0.2, 0.25) is 5.02 Å². The largest absolute Gasteiger partial charge is 0.303 e. The zero-order chi connectivity index (χ0) is 28.0. The molecule has 8 rings (SSSR count). The smallest absolute Gasteiger partial charge is 0.251 e. The van der Waals surface area contributed by atoms with Crippen LogP contribution in [0.15, 0.2) is 82.7 Å². The van der Waals surface area contributed by atoms with Crippen molar-refractivity contribution in [2.75, 3.05) is 0 Å². The number of nitrogens with zero attached hydrogens (tertiary/aromatic N) is 6. The van der Waals surface area contributed by atoms with E-state index < -0.39 is 5.95 Å². The zero-order valence-electron chi connectivity index (χ0n) is 22.4. The predicted octanol–water partition coefficient (Wildman–Crippen LogP) is 6.28. The molecule has 4 atom stereocenters. The van der Waals surface area contributed by atoms with Gasteiger partial charge in [-0.2, -0.15) is 9.07 Å². The van der Waals surface area contributed by atoms with E-state index in [1.165, 1.54) is 23.0 Å². The number of pyridine rings is 1. The lowest BCUT2D eigenvalue weighted by Crippen LogP contribution is -2.29. The first-order valence-corrected chi connectivity index (χ1v) is 14.3. The third-order valence-corrected chi connectivity index (χ3v) is 9.49. The molecule has 1 saturated carbocycles. The third kappa shape index (κ3) is 3.88. The summed E-state index contributed by atoms with van der Waals surface area (Å²) in [6.07, 6.45) is 4.67. The summed E-state index contributed by atoms with van der Waals surface area (Å²) in [6.45, 7) is 6.40. The fraction of sp³-hybridized carbons (Fsp3) is 0.281. The number of fused-ring (bicyclic) bond motifs is 4. The maximum absolute atomic E-state index is 15.4. The highest BCUT2D eigenvalue weighted by Crippen LogP contribution is 2.60. The second-order valence-corrected chi connectivity index (χ2v) is 12.2. The molecule has 0 bridgehead atoms. The van der Waals surface area contributed by atoms with Crippen LogP contribution in [0.25, 0.3) is 22.4 Å². The molecule has 4 heterocycles. The highest BCUT2D eigenvalue weighted by Gasteiger charge is 2.55. The number of aliphatic imine (C=N–C) groups is 1. The molecule has 4 unspecified atom stereocenters. The van der Waals surface area contributed by atoms with Gasteiger partial charge in [-0.05, 0) is 88.0 Å². The van der Waals surface area contributed by atoms with Crippen LogP contribution in [0.3, 0.4) is 0 Å². The summed E-state index contributed by atoms with van der Waals surface area (Å²) in [5, 5.41) is 12.1. The normalized spacial score (nSPS) is 24.3. The fourth-order valence-corrected chi connectivity index (χ4v) is 7.16. The first-order valence-electron chi connectivity index (χ1n) is 13.9. The Kier molecular flexibility index (Phi) is 5.35. The molecule has 7 nitrogen and oxygen atoms in total. The molecule has 41 heavy (non-hydrogen) atoms. The maximum Gasteiger partial charge on any atom is 0.251 e. The summed E-state index contributed by atoms with van der Waals surface area (Å²) in [6, 6.07) is 15.1. The van der Waals surface area contributed by atoms with Gasteiger partial charge in [-0.1, -0.05) is 48.9 Å². The van der Waals surface area contributed by atoms with Crippen LogP contribution in [0, 0.1) is 11.8 Å². The van der Waals surface area contributed by atoms with E-state index in [1.54, 1.807) is 16.8 Å². The van der Waals surface area contributed by atoms with Gasteiger partial charge in [0.15, 0.2) is 0 Å². The van der Waals surface area contributed by atoms with Gasteiger partial charge in [0.1, 0.15) is 6.33 Å².